The molecule has 244 valence electrons. The molecular weight excluding hydrogens is 492 g/mol. The summed E-state index contributed by atoms with van der Waals surface area (Å²) >= 11 is 0. The molecule has 0 aromatic rings. The maximum Gasteiger partial charge on any atom is 0.0200 e. The van der Waals surface area contributed by atoms with Crippen LogP contribution < -0.4 is 11.5 Å². The van der Waals surface area contributed by atoms with E-state index in [1.807, 2.05) is 41.5 Å². The van der Waals surface area contributed by atoms with Gasteiger partial charge in [-0.05, 0) is 138 Å². The smallest absolute Gasteiger partial charge is 0.0200 e. The van der Waals surface area contributed by atoms with Crippen LogP contribution in [0.3, 0.4) is 0 Å². The first-order chi connectivity index (χ1) is 17.2. The van der Waals surface area contributed by atoms with E-state index in [4.69, 9.17) is 11.5 Å². The summed E-state index contributed by atoms with van der Waals surface area (Å²) in [4.78, 5) is 10.4. The third kappa shape index (κ3) is 20.6. The van der Waals surface area contributed by atoms with E-state index in [2.05, 4.69) is 117 Å². The fourth-order valence-electron chi connectivity index (χ4n) is 5.13. The van der Waals surface area contributed by atoms with Crippen molar-refractivity contribution >= 4 is 0 Å². The largest absolute Gasteiger partial charge is 0.326 e. The van der Waals surface area contributed by atoms with E-state index in [0.29, 0.717) is 34.2 Å². The topological polar surface area (TPSA) is 65.0 Å². The predicted octanol–water partition coefficient (Wildman–Crippen LogP) is 6.67. The molecule has 0 amide bonds. The molecule has 6 nitrogen and oxygen atoms in total. The van der Waals surface area contributed by atoms with Crippen LogP contribution in [0.15, 0.2) is 0 Å². The van der Waals surface area contributed by atoms with E-state index < -0.39 is 0 Å². The number of nitrogens with zero attached hydrogens (tertiary/aromatic N) is 4. The molecule has 2 heterocycles. The van der Waals surface area contributed by atoms with Gasteiger partial charge >= 0.3 is 0 Å². The lowest BCUT2D eigenvalue weighted by Gasteiger charge is -2.50. The number of nitrogens with two attached hydrogens (primary N) is 2. The predicted molar refractivity (Wildman–Crippen MR) is 182 cm³/mol. The molecule has 2 saturated heterocycles. The summed E-state index contributed by atoms with van der Waals surface area (Å²) in [5.74, 6) is 0. The number of hydrogen-bond donors (Lipinski definition) is 2. The van der Waals surface area contributed by atoms with Crippen LogP contribution in [0, 0.1) is 0 Å². The Hall–Kier alpha value is -0.240. The molecule has 2 aliphatic heterocycles. The van der Waals surface area contributed by atoms with Crippen LogP contribution in [-0.4, -0.2) is 104 Å². The lowest BCUT2D eigenvalue weighted by Crippen LogP contribution is -2.61. The highest BCUT2D eigenvalue weighted by molar-refractivity contribution is 4.92. The molecule has 2 aliphatic rings. The van der Waals surface area contributed by atoms with Gasteiger partial charge in [-0.25, -0.2) is 0 Å². The van der Waals surface area contributed by atoms with Crippen LogP contribution in [0.4, 0.5) is 0 Å². The monoisotopic (exact) mass is 571 g/mol. The Morgan fingerprint density at radius 2 is 0.600 bits per heavy atom. The zero-order valence-corrected chi connectivity index (χ0v) is 31.3. The minimum atomic E-state index is 0. The highest BCUT2D eigenvalue weighted by atomic mass is 15.3. The lowest BCUT2D eigenvalue weighted by atomic mass is 9.97. The van der Waals surface area contributed by atoms with Gasteiger partial charge < -0.3 is 11.5 Å². The van der Waals surface area contributed by atoms with Gasteiger partial charge in [0, 0.05) is 84.6 Å². The maximum absolute atomic E-state index is 5.35. The van der Waals surface area contributed by atoms with Gasteiger partial charge in [-0.15, -0.1) is 0 Å². The van der Waals surface area contributed by atoms with Gasteiger partial charge in [0.05, 0.1) is 0 Å². The van der Waals surface area contributed by atoms with Crippen molar-refractivity contribution in [3.63, 3.8) is 0 Å². The Morgan fingerprint density at radius 1 is 0.400 bits per heavy atom. The van der Waals surface area contributed by atoms with E-state index in [9.17, 15) is 0 Å². The van der Waals surface area contributed by atoms with Gasteiger partial charge in [0.15, 0.2) is 0 Å². The van der Waals surface area contributed by atoms with Crippen LogP contribution in [0.25, 0.3) is 0 Å². The van der Waals surface area contributed by atoms with Crippen molar-refractivity contribution in [3.8, 4) is 0 Å². The molecule has 2 fully saturated rings. The van der Waals surface area contributed by atoms with Crippen molar-refractivity contribution in [2.75, 3.05) is 39.3 Å². The Kier molecular flexibility index (Phi) is 16.2. The molecule has 40 heavy (non-hydrogen) atoms. The number of piperazine rings is 2. The van der Waals surface area contributed by atoms with Crippen LogP contribution in [0.5, 0.6) is 0 Å². The van der Waals surface area contributed by atoms with Crippen molar-refractivity contribution in [2.45, 2.75) is 184 Å². The Morgan fingerprint density at radius 3 is 0.725 bits per heavy atom. The molecule has 0 bridgehead atoms. The number of hydrogen-bond acceptors (Lipinski definition) is 6. The average molecular weight is 571 g/mol. The molecule has 0 aromatic heterocycles. The zero-order valence-electron chi connectivity index (χ0n) is 31.3. The first-order valence-corrected chi connectivity index (χ1v) is 15.9. The summed E-state index contributed by atoms with van der Waals surface area (Å²) in [5, 5.41) is 0. The van der Waals surface area contributed by atoms with E-state index in [1.165, 1.54) is 39.3 Å². The SMILES string of the molecule is CC(C)(C)N.CC(C)(C)N.CC1CN(C(C)(C)C)CCN1C(C)(C)C.CC1CN(C(C)(C)C)CCN1C(C)(C)C. The molecule has 6 heteroatoms. The summed E-state index contributed by atoms with van der Waals surface area (Å²) in [5.41, 5.74) is 12.0. The van der Waals surface area contributed by atoms with Crippen molar-refractivity contribution in [3.05, 3.63) is 0 Å². The molecule has 2 rings (SSSR count). The second-order valence-electron chi connectivity index (χ2n) is 18.4. The van der Waals surface area contributed by atoms with Crippen molar-refractivity contribution in [2.24, 2.45) is 11.5 Å². The summed E-state index contributed by atoms with van der Waals surface area (Å²) in [7, 11) is 0. The van der Waals surface area contributed by atoms with Crippen molar-refractivity contribution < 1.29 is 0 Å². The van der Waals surface area contributed by atoms with Crippen molar-refractivity contribution in [1.29, 1.82) is 0 Å². The third-order valence-electron chi connectivity index (χ3n) is 6.88. The van der Waals surface area contributed by atoms with E-state index in [1.54, 1.807) is 0 Å². The summed E-state index contributed by atoms with van der Waals surface area (Å²) in [6.45, 7) is 51.4. The van der Waals surface area contributed by atoms with Crippen LogP contribution in [0.1, 0.15) is 138 Å². The third-order valence-corrected chi connectivity index (χ3v) is 6.88. The molecule has 0 aliphatic carbocycles. The van der Waals surface area contributed by atoms with Gasteiger partial charge in [0.25, 0.3) is 0 Å². The average Bonchev–Trinajstić information content (AvgIpc) is 2.62. The molecule has 2 atom stereocenters. The first kappa shape index (κ1) is 41.9. The molecule has 0 saturated carbocycles. The highest BCUT2D eigenvalue weighted by Gasteiger charge is 2.35. The van der Waals surface area contributed by atoms with Gasteiger partial charge in [-0.3, -0.25) is 19.6 Å². The van der Waals surface area contributed by atoms with E-state index in [0.717, 1.165) is 0 Å². The molecule has 0 spiro atoms. The fourth-order valence-corrected chi connectivity index (χ4v) is 5.13. The first-order valence-electron chi connectivity index (χ1n) is 15.9. The van der Waals surface area contributed by atoms with E-state index in [-0.39, 0.29) is 11.1 Å². The fraction of sp³-hybridized carbons (Fsp3) is 1.00. The maximum atomic E-state index is 5.35. The zero-order chi connectivity index (χ0) is 32.7. The Balaban J connectivity index is 0. The summed E-state index contributed by atoms with van der Waals surface area (Å²) in [6.07, 6.45) is 0. The molecule has 0 radical (unpaired) electrons. The van der Waals surface area contributed by atoms with Crippen LogP contribution in [0.2, 0.25) is 0 Å². The van der Waals surface area contributed by atoms with Crippen molar-refractivity contribution in [1.82, 2.24) is 19.6 Å². The van der Waals surface area contributed by atoms with Gasteiger partial charge in [-0.1, -0.05) is 0 Å². The number of rotatable bonds is 0. The normalized spacial score (nSPS) is 23.2. The van der Waals surface area contributed by atoms with Gasteiger partial charge in [-0.2, -0.15) is 0 Å². The van der Waals surface area contributed by atoms with Gasteiger partial charge in [0.2, 0.25) is 0 Å². The lowest BCUT2D eigenvalue weighted by molar-refractivity contribution is -0.0153. The quantitative estimate of drug-likeness (QED) is 0.339. The second kappa shape index (κ2) is 15.5. The van der Waals surface area contributed by atoms with Crippen LogP contribution in [-0.2, 0) is 0 Å². The highest BCUT2D eigenvalue weighted by Crippen LogP contribution is 2.26. The molecule has 4 N–H and O–H groups in total. The Bertz CT molecular complexity index is 604. The molecule has 2 unspecified atom stereocenters. The minimum Gasteiger partial charge on any atom is -0.326 e. The standard InChI is InChI=1S/2C13H28N2.2C4H11N/c2*1-11-10-14(12(2,3)4)8-9-15(11)13(5,6)7;2*1-4(2,3)5/h2*11H,8-10H2,1-7H3;2*5H2,1-3H3. The van der Waals surface area contributed by atoms with E-state index >= 15 is 0 Å². The minimum absolute atomic E-state index is 0. The molecule has 0 aromatic carbocycles. The van der Waals surface area contributed by atoms with Gasteiger partial charge in [0.1, 0.15) is 0 Å². The second-order valence-corrected chi connectivity index (χ2v) is 18.4. The molecular formula is C34H78N6. The Labute approximate surface area is 254 Å². The van der Waals surface area contributed by atoms with Crippen LogP contribution >= 0.6 is 0 Å². The summed E-state index contributed by atoms with van der Waals surface area (Å²) < 4.78 is 0. The summed E-state index contributed by atoms with van der Waals surface area (Å²) in [6, 6.07) is 1.33.